The molecule has 2 heteroatoms. The van der Waals surface area contributed by atoms with Crippen molar-refractivity contribution in [2.45, 2.75) is 64.0 Å². The van der Waals surface area contributed by atoms with Crippen molar-refractivity contribution in [3.63, 3.8) is 0 Å². The van der Waals surface area contributed by atoms with E-state index >= 15 is 0 Å². The van der Waals surface area contributed by atoms with E-state index in [0.717, 1.165) is 6.04 Å². The molecule has 3 unspecified atom stereocenters. The van der Waals surface area contributed by atoms with E-state index < -0.39 is 0 Å². The largest absolute Gasteiger partial charge is 0.382 e. The Labute approximate surface area is 123 Å². The van der Waals surface area contributed by atoms with E-state index in [1.165, 1.54) is 56.4 Å². The topological polar surface area (TPSA) is 15.3 Å². The highest BCUT2D eigenvalue weighted by Gasteiger charge is 2.31. The summed E-state index contributed by atoms with van der Waals surface area (Å²) in [4.78, 5) is 2.68. The van der Waals surface area contributed by atoms with Gasteiger partial charge in [-0.25, -0.2) is 0 Å². The van der Waals surface area contributed by atoms with Gasteiger partial charge in [-0.05, 0) is 62.3 Å². The molecule has 110 valence electrons. The summed E-state index contributed by atoms with van der Waals surface area (Å²) < 4.78 is 0. The van der Waals surface area contributed by atoms with Crippen LogP contribution in [0, 0.1) is 0 Å². The zero-order chi connectivity index (χ0) is 13.9. The molecule has 0 spiro atoms. The minimum absolute atomic E-state index is 0.670. The molecule has 2 aliphatic rings. The molecule has 1 aromatic rings. The molecular formula is C18H28N2. The van der Waals surface area contributed by atoms with E-state index in [1.807, 2.05) is 0 Å². The number of piperidine rings is 1. The van der Waals surface area contributed by atoms with Crippen LogP contribution in [-0.4, -0.2) is 30.1 Å². The van der Waals surface area contributed by atoms with Gasteiger partial charge in [0.15, 0.2) is 0 Å². The lowest BCUT2D eigenvalue weighted by atomic mass is 9.96. The van der Waals surface area contributed by atoms with E-state index in [2.05, 4.69) is 48.3 Å². The number of nitrogens with one attached hydrogen (secondary N) is 1. The van der Waals surface area contributed by atoms with Gasteiger partial charge in [-0.2, -0.15) is 0 Å². The average molecular weight is 272 g/mol. The molecule has 20 heavy (non-hydrogen) atoms. The maximum atomic E-state index is 3.75. The molecule has 2 aliphatic heterocycles. The summed E-state index contributed by atoms with van der Waals surface area (Å²) in [6.45, 7) is 7.18. The van der Waals surface area contributed by atoms with Crippen LogP contribution >= 0.6 is 0 Å². The number of hydrogen-bond donors (Lipinski definition) is 1. The molecule has 0 saturated carbocycles. The number of anilines is 1. The zero-order valence-corrected chi connectivity index (χ0v) is 12.9. The lowest BCUT2D eigenvalue weighted by Gasteiger charge is -2.35. The zero-order valence-electron chi connectivity index (χ0n) is 12.9. The fraction of sp³-hybridized carbons (Fsp3) is 0.667. The second kappa shape index (κ2) is 6.17. The monoisotopic (exact) mass is 272 g/mol. The highest BCUT2D eigenvalue weighted by atomic mass is 15.2. The SMILES string of the molecule is CCC(C)c1ccc(NC2CCN3CCCC3C2)cc1. The second-order valence-corrected chi connectivity index (χ2v) is 6.63. The van der Waals surface area contributed by atoms with Crippen molar-refractivity contribution in [2.24, 2.45) is 0 Å². The molecular weight excluding hydrogens is 244 g/mol. The maximum absolute atomic E-state index is 3.75. The second-order valence-electron chi connectivity index (χ2n) is 6.63. The van der Waals surface area contributed by atoms with Crippen LogP contribution in [0.1, 0.15) is 57.4 Å². The Morgan fingerprint density at radius 3 is 2.75 bits per heavy atom. The molecule has 0 aromatic heterocycles. The van der Waals surface area contributed by atoms with Gasteiger partial charge < -0.3 is 10.2 Å². The Kier molecular flexibility index (Phi) is 4.30. The molecule has 1 aromatic carbocycles. The van der Waals surface area contributed by atoms with Crippen molar-refractivity contribution in [1.29, 1.82) is 0 Å². The lowest BCUT2D eigenvalue weighted by Crippen LogP contribution is -2.42. The number of rotatable bonds is 4. The number of benzene rings is 1. The minimum Gasteiger partial charge on any atom is -0.382 e. The van der Waals surface area contributed by atoms with Crippen LogP contribution in [-0.2, 0) is 0 Å². The third-order valence-corrected chi connectivity index (χ3v) is 5.28. The highest BCUT2D eigenvalue weighted by molar-refractivity contribution is 5.46. The van der Waals surface area contributed by atoms with Crippen LogP contribution in [0.2, 0.25) is 0 Å². The van der Waals surface area contributed by atoms with Gasteiger partial charge in [0.25, 0.3) is 0 Å². The van der Waals surface area contributed by atoms with Crippen molar-refractivity contribution >= 4 is 5.69 Å². The van der Waals surface area contributed by atoms with Crippen molar-refractivity contribution in [1.82, 2.24) is 4.90 Å². The summed E-state index contributed by atoms with van der Waals surface area (Å²) in [5.74, 6) is 0.672. The smallest absolute Gasteiger partial charge is 0.0342 e. The van der Waals surface area contributed by atoms with Gasteiger partial charge in [-0.3, -0.25) is 0 Å². The fourth-order valence-electron chi connectivity index (χ4n) is 3.73. The van der Waals surface area contributed by atoms with Crippen LogP contribution in [0.25, 0.3) is 0 Å². The van der Waals surface area contributed by atoms with E-state index in [-0.39, 0.29) is 0 Å². The molecule has 3 atom stereocenters. The summed E-state index contributed by atoms with van der Waals surface area (Å²) in [5, 5.41) is 3.75. The molecule has 0 radical (unpaired) electrons. The van der Waals surface area contributed by atoms with E-state index in [1.54, 1.807) is 0 Å². The Bertz CT molecular complexity index is 426. The van der Waals surface area contributed by atoms with Gasteiger partial charge in [-0.1, -0.05) is 26.0 Å². The highest BCUT2D eigenvalue weighted by Crippen LogP contribution is 2.29. The Hall–Kier alpha value is -1.02. The number of hydrogen-bond acceptors (Lipinski definition) is 2. The lowest BCUT2D eigenvalue weighted by molar-refractivity contribution is 0.188. The summed E-state index contributed by atoms with van der Waals surface area (Å²) >= 11 is 0. The first-order valence-electron chi connectivity index (χ1n) is 8.37. The van der Waals surface area contributed by atoms with Crippen molar-refractivity contribution in [3.05, 3.63) is 29.8 Å². The summed E-state index contributed by atoms with van der Waals surface area (Å²) in [5.41, 5.74) is 2.76. The first-order chi connectivity index (χ1) is 9.76. The van der Waals surface area contributed by atoms with Gasteiger partial charge in [-0.15, -0.1) is 0 Å². The molecule has 2 nitrogen and oxygen atoms in total. The quantitative estimate of drug-likeness (QED) is 0.882. The van der Waals surface area contributed by atoms with Crippen LogP contribution < -0.4 is 5.32 Å². The van der Waals surface area contributed by atoms with Crippen LogP contribution in [0.15, 0.2) is 24.3 Å². The van der Waals surface area contributed by atoms with Gasteiger partial charge in [0.2, 0.25) is 0 Å². The average Bonchev–Trinajstić information content (AvgIpc) is 2.95. The standard InChI is InChI=1S/C18H28N2/c1-3-14(2)15-6-8-16(9-7-15)19-17-10-12-20-11-4-5-18(20)13-17/h6-9,14,17-19H,3-5,10-13H2,1-2H3. The predicted molar refractivity (Wildman–Crippen MR) is 86.4 cm³/mol. The molecule has 3 rings (SSSR count). The minimum atomic E-state index is 0.670. The third kappa shape index (κ3) is 3.01. The Balaban J connectivity index is 1.57. The van der Waals surface area contributed by atoms with Crippen molar-refractivity contribution < 1.29 is 0 Å². The van der Waals surface area contributed by atoms with Crippen LogP contribution in [0.5, 0.6) is 0 Å². The summed E-state index contributed by atoms with van der Waals surface area (Å²) in [7, 11) is 0. The summed E-state index contributed by atoms with van der Waals surface area (Å²) in [6.07, 6.45) is 6.65. The van der Waals surface area contributed by atoms with Gasteiger partial charge in [0.1, 0.15) is 0 Å². The molecule has 2 heterocycles. The van der Waals surface area contributed by atoms with Gasteiger partial charge in [0, 0.05) is 24.3 Å². The van der Waals surface area contributed by atoms with Crippen molar-refractivity contribution in [3.8, 4) is 0 Å². The first kappa shape index (κ1) is 13.9. The van der Waals surface area contributed by atoms with Gasteiger partial charge in [0.05, 0.1) is 0 Å². The molecule has 2 saturated heterocycles. The van der Waals surface area contributed by atoms with Crippen LogP contribution in [0.3, 0.4) is 0 Å². The molecule has 1 N–H and O–H groups in total. The predicted octanol–water partition coefficient (Wildman–Crippen LogP) is 4.24. The maximum Gasteiger partial charge on any atom is 0.0342 e. The molecule has 0 aliphatic carbocycles. The Morgan fingerprint density at radius 2 is 2.00 bits per heavy atom. The third-order valence-electron chi connectivity index (χ3n) is 5.28. The van der Waals surface area contributed by atoms with Gasteiger partial charge >= 0.3 is 0 Å². The normalized spacial score (nSPS) is 28.1. The van der Waals surface area contributed by atoms with E-state index in [0.29, 0.717) is 12.0 Å². The summed E-state index contributed by atoms with van der Waals surface area (Å²) in [6, 6.07) is 10.6. The molecule has 0 amide bonds. The Morgan fingerprint density at radius 1 is 1.20 bits per heavy atom. The first-order valence-corrected chi connectivity index (χ1v) is 8.37. The van der Waals surface area contributed by atoms with E-state index in [9.17, 15) is 0 Å². The van der Waals surface area contributed by atoms with E-state index in [4.69, 9.17) is 0 Å². The molecule has 2 fully saturated rings. The number of fused-ring (bicyclic) bond motifs is 1. The van der Waals surface area contributed by atoms with Crippen molar-refractivity contribution in [2.75, 3.05) is 18.4 Å². The van der Waals surface area contributed by atoms with Crippen LogP contribution in [0.4, 0.5) is 5.69 Å². The molecule has 0 bridgehead atoms. The number of nitrogens with zero attached hydrogens (tertiary/aromatic N) is 1. The fourth-order valence-corrected chi connectivity index (χ4v) is 3.73.